The van der Waals surface area contributed by atoms with Crippen LogP contribution < -0.4 is 14.4 Å². The largest absolute Gasteiger partial charge is 0.483 e. The summed E-state index contributed by atoms with van der Waals surface area (Å²) in [5, 5.41) is 0.681. The molecule has 6 nitrogen and oxygen atoms in total. The molecule has 1 amide bonds. The fourth-order valence-corrected chi connectivity index (χ4v) is 5.16. The first-order valence-electron chi connectivity index (χ1n) is 10.7. The van der Waals surface area contributed by atoms with Crippen LogP contribution in [0.15, 0.2) is 42.5 Å². The molecule has 0 saturated carbocycles. The van der Waals surface area contributed by atoms with Crippen molar-refractivity contribution in [3.63, 3.8) is 0 Å². The Hall–Kier alpha value is -2.64. The average molecular weight is 439 g/mol. The van der Waals surface area contributed by atoms with Crippen molar-refractivity contribution in [1.82, 2.24) is 4.98 Å². The van der Waals surface area contributed by atoms with E-state index in [2.05, 4.69) is 13.8 Å². The van der Waals surface area contributed by atoms with Crippen molar-refractivity contribution in [3.05, 3.63) is 48.0 Å². The van der Waals surface area contributed by atoms with Gasteiger partial charge in [-0.1, -0.05) is 35.6 Å². The Morgan fingerprint density at radius 1 is 1.26 bits per heavy atom. The van der Waals surface area contributed by atoms with Gasteiger partial charge in [0.1, 0.15) is 5.60 Å². The second kappa shape index (κ2) is 8.13. The molecule has 0 spiro atoms. The maximum absolute atomic E-state index is 13.3. The number of carbonyl (C=O) groups is 1. The number of carbonyl (C=O) groups excluding carboxylic acids is 1. The number of benzene rings is 2. The highest BCUT2D eigenvalue weighted by atomic mass is 32.1. The van der Waals surface area contributed by atoms with E-state index in [0.29, 0.717) is 17.4 Å². The average Bonchev–Trinajstić information content (AvgIpc) is 3.46. The molecule has 2 aromatic carbocycles. The van der Waals surface area contributed by atoms with Crippen LogP contribution in [0.1, 0.15) is 32.3 Å². The smallest absolute Gasteiger partial charge is 0.266 e. The Morgan fingerprint density at radius 3 is 2.94 bits per heavy atom. The van der Waals surface area contributed by atoms with Crippen LogP contribution in [0.5, 0.6) is 11.5 Å². The maximum Gasteiger partial charge on any atom is 0.266 e. The van der Waals surface area contributed by atoms with Crippen molar-refractivity contribution in [3.8, 4) is 11.5 Å². The third-order valence-corrected chi connectivity index (χ3v) is 6.69. The lowest BCUT2D eigenvalue weighted by Gasteiger charge is -2.23. The van der Waals surface area contributed by atoms with E-state index < -0.39 is 0 Å². The molecule has 162 valence electrons. The zero-order valence-corrected chi connectivity index (χ0v) is 18.6. The van der Waals surface area contributed by atoms with Gasteiger partial charge in [0, 0.05) is 18.6 Å². The van der Waals surface area contributed by atoms with E-state index in [4.69, 9.17) is 19.2 Å². The number of thiazole rings is 1. The van der Waals surface area contributed by atoms with Gasteiger partial charge in [-0.05, 0) is 44.9 Å². The number of anilines is 1. The SMILES string of the molecule is CC1(C)Cc2cccc(OCC(=O)N(CC3CCCO3)c3nc4ccccc4s3)c2O1. The number of nitrogens with zero attached hydrogens (tertiary/aromatic N) is 2. The van der Waals surface area contributed by atoms with Crippen molar-refractivity contribution in [2.45, 2.75) is 44.8 Å². The van der Waals surface area contributed by atoms with E-state index in [1.807, 2.05) is 42.5 Å². The highest BCUT2D eigenvalue weighted by molar-refractivity contribution is 7.22. The van der Waals surface area contributed by atoms with E-state index in [1.165, 1.54) is 11.3 Å². The van der Waals surface area contributed by atoms with E-state index in [-0.39, 0.29) is 24.2 Å². The summed E-state index contributed by atoms with van der Waals surface area (Å²) in [6, 6.07) is 13.8. The first kappa shape index (κ1) is 20.3. The van der Waals surface area contributed by atoms with Crippen LogP contribution in [0.2, 0.25) is 0 Å². The molecule has 0 N–H and O–H groups in total. The van der Waals surface area contributed by atoms with Crippen molar-refractivity contribution in [1.29, 1.82) is 0 Å². The summed E-state index contributed by atoms with van der Waals surface area (Å²) < 4.78 is 18.9. The summed E-state index contributed by atoms with van der Waals surface area (Å²) in [6.45, 7) is 5.25. The van der Waals surface area contributed by atoms with E-state index in [1.54, 1.807) is 4.90 Å². The third-order valence-electron chi connectivity index (χ3n) is 5.63. The zero-order chi connectivity index (χ0) is 21.4. The van der Waals surface area contributed by atoms with Crippen molar-refractivity contribution in [2.24, 2.45) is 0 Å². The van der Waals surface area contributed by atoms with Gasteiger partial charge in [-0.3, -0.25) is 9.69 Å². The van der Waals surface area contributed by atoms with Crippen molar-refractivity contribution in [2.75, 3.05) is 24.7 Å². The first-order chi connectivity index (χ1) is 15.0. The van der Waals surface area contributed by atoms with Gasteiger partial charge < -0.3 is 14.2 Å². The summed E-state index contributed by atoms with van der Waals surface area (Å²) in [4.78, 5) is 19.7. The second-order valence-electron chi connectivity index (χ2n) is 8.68. The molecule has 0 radical (unpaired) electrons. The molecule has 2 aliphatic heterocycles. The van der Waals surface area contributed by atoms with Crippen LogP contribution in [-0.2, 0) is 16.0 Å². The Morgan fingerprint density at radius 2 is 2.13 bits per heavy atom. The lowest BCUT2D eigenvalue weighted by molar-refractivity contribution is -0.121. The van der Waals surface area contributed by atoms with E-state index in [9.17, 15) is 4.79 Å². The summed E-state index contributed by atoms with van der Waals surface area (Å²) in [5.41, 5.74) is 1.74. The number of hydrogen-bond donors (Lipinski definition) is 0. The van der Waals surface area contributed by atoms with Crippen LogP contribution in [0.25, 0.3) is 10.2 Å². The monoisotopic (exact) mass is 438 g/mol. The standard InChI is InChI=1S/C24H26N2O4S/c1-24(2)13-16-7-5-10-19(22(16)30-24)29-15-21(27)26(14-17-8-6-12-28-17)23-25-18-9-3-4-11-20(18)31-23/h3-5,7,9-11,17H,6,8,12-15H2,1-2H3. The molecular weight excluding hydrogens is 412 g/mol. The normalized spacial score (nSPS) is 19.2. The molecule has 1 fully saturated rings. The predicted molar refractivity (Wildman–Crippen MR) is 121 cm³/mol. The number of amides is 1. The molecule has 2 aliphatic rings. The molecule has 1 atom stereocenters. The van der Waals surface area contributed by atoms with Gasteiger partial charge >= 0.3 is 0 Å². The highest BCUT2D eigenvalue weighted by Gasteiger charge is 2.33. The summed E-state index contributed by atoms with van der Waals surface area (Å²) in [6.07, 6.45) is 2.82. The zero-order valence-electron chi connectivity index (χ0n) is 17.8. The predicted octanol–water partition coefficient (Wildman–Crippen LogP) is 4.60. The van der Waals surface area contributed by atoms with Gasteiger partial charge in [0.2, 0.25) is 0 Å². The van der Waals surface area contributed by atoms with Gasteiger partial charge in [0.25, 0.3) is 5.91 Å². The lowest BCUT2D eigenvalue weighted by atomic mass is 10.0. The van der Waals surface area contributed by atoms with Crippen LogP contribution >= 0.6 is 11.3 Å². The molecule has 5 rings (SSSR count). The van der Waals surface area contributed by atoms with Gasteiger partial charge in [-0.15, -0.1) is 0 Å². The molecule has 1 aromatic heterocycles. The third kappa shape index (κ3) is 4.25. The number of rotatable bonds is 6. The number of para-hydroxylation sites is 2. The topological polar surface area (TPSA) is 60.9 Å². The van der Waals surface area contributed by atoms with Crippen molar-refractivity contribution >= 4 is 32.6 Å². The quantitative estimate of drug-likeness (QED) is 0.563. The molecule has 3 heterocycles. The Bertz CT molecular complexity index is 1070. The van der Waals surface area contributed by atoms with E-state index in [0.717, 1.165) is 47.4 Å². The minimum atomic E-state index is -0.265. The number of hydrogen-bond acceptors (Lipinski definition) is 6. The summed E-state index contributed by atoms with van der Waals surface area (Å²) >= 11 is 1.52. The second-order valence-corrected chi connectivity index (χ2v) is 9.68. The van der Waals surface area contributed by atoms with Crippen LogP contribution in [0, 0.1) is 0 Å². The fraction of sp³-hybridized carbons (Fsp3) is 0.417. The van der Waals surface area contributed by atoms with Crippen LogP contribution in [0.4, 0.5) is 5.13 Å². The molecule has 1 unspecified atom stereocenters. The Balaban J connectivity index is 1.36. The minimum absolute atomic E-state index is 0.0288. The van der Waals surface area contributed by atoms with Gasteiger partial charge in [-0.2, -0.15) is 0 Å². The number of fused-ring (bicyclic) bond motifs is 2. The minimum Gasteiger partial charge on any atom is -0.483 e. The molecule has 0 bridgehead atoms. The molecule has 1 saturated heterocycles. The first-order valence-corrected chi connectivity index (χ1v) is 11.5. The molecule has 0 aliphatic carbocycles. The maximum atomic E-state index is 13.3. The van der Waals surface area contributed by atoms with Gasteiger partial charge in [0.05, 0.1) is 22.9 Å². The molecule has 7 heteroatoms. The number of aromatic nitrogens is 1. The molecule has 3 aromatic rings. The van der Waals surface area contributed by atoms with Crippen molar-refractivity contribution < 1.29 is 19.0 Å². The van der Waals surface area contributed by atoms with Gasteiger partial charge in [0.15, 0.2) is 23.2 Å². The van der Waals surface area contributed by atoms with Crippen LogP contribution in [-0.4, -0.2) is 42.4 Å². The van der Waals surface area contributed by atoms with Crippen LogP contribution in [0.3, 0.4) is 0 Å². The summed E-state index contributed by atoms with van der Waals surface area (Å²) in [7, 11) is 0. The van der Waals surface area contributed by atoms with Gasteiger partial charge in [-0.25, -0.2) is 4.98 Å². The summed E-state index contributed by atoms with van der Waals surface area (Å²) in [5.74, 6) is 1.22. The number of ether oxygens (including phenoxy) is 3. The highest BCUT2D eigenvalue weighted by Crippen LogP contribution is 2.41. The Labute approximate surface area is 185 Å². The molecular formula is C24H26N2O4S. The fourth-order valence-electron chi connectivity index (χ4n) is 4.17. The van der Waals surface area contributed by atoms with E-state index >= 15 is 0 Å². The lowest BCUT2D eigenvalue weighted by Crippen LogP contribution is -2.40. The Kier molecular flexibility index (Phi) is 5.32. The molecule has 31 heavy (non-hydrogen) atoms.